The summed E-state index contributed by atoms with van der Waals surface area (Å²) >= 11 is 0. The zero-order valence-electron chi connectivity index (χ0n) is 15.4. The lowest BCUT2D eigenvalue weighted by molar-refractivity contribution is -0.210. The van der Waals surface area contributed by atoms with Crippen LogP contribution in [0, 0.1) is 0 Å². The van der Waals surface area contributed by atoms with Crippen molar-refractivity contribution in [2.45, 2.75) is 13.8 Å². The quantitative estimate of drug-likeness (QED) is 0.133. The number of benzene rings is 5. The van der Waals surface area contributed by atoms with Crippen molar-refractivity contribution in [2.75, 3.05) is 0 Å². The fraction of sp³-hybridized carbons (Fsp3) is 0.0833. The van der Waals surface area contributed by atoms with Crippen LogP contribution in [0.15, 0.2) is 60.7 Å². The first kappa shape index (κ1) is 16.5. The number of carbonyl (C=O) groups excluding carboxylic acids is 2. The monoisotopic (exact) mass is 368 g/mol. The smallest absolute Gasteiger partial charge is 0.294 e. The molecule has 136 valence electrons. The lowest BCUT2D eigenvalue weighted by Gasteiger charge is -2.18. The van der Waals surface area contributed by atoms with Gasteiger partial charge < -0.3 is 0 Å². The fourth-order valence-corrected chi connectivity index (χ4v) is 4.16. The molecule has 4 heteroatoms. The van der Waals surface area contributed by atoms with Gasteiger partial charge in [0.1, 0.15) is 0 Å². The molecular weight excluding hydrogens is 352 g/mol. The van der Waals surface area contributed by atoms with Crippen LogP contribution in [-0.4, -0.2) is 11.8 Å². The topological polar surface area (TPSA) is 52.6 Å². The third kappa shape index (κ3) is 2.24. The second-order valence-electron chi connectivity index (χ2n) is 6.95. The Kier molecular flexibility index (Phi) is 3.49. The lowest BCUT2D eigenvalue weighted by atomic mass is 9.86. The lowest BCUT2D eigenvalue weighted by Crippen LogP contribution is -2.04. The highest BCUT2D eigenvalue weighted by Gasteiger charge is 2.20. The van der Waals surface area contributed by atoms with Gasteiger partial charge >= 0.3 is 5.97 Å². The highest BCUT2D eigenvalue weighted by Crippen LogP contribution is 2.45. The van der Waals surface area contributed by atoms with Gasteiger partial charge in [0, 0.05) is 28.6 Å². The summed E-state index contributed by atoms with van der Waals surface area (Å²) in [5, 5.41) is 7.83. The molecular formula is C24H16O4. The molecule has 0 amide bonds. The number of hydrogen-bond donors (Lipinski definition) is 0. The highest BCUT2D eigenvalue weighted by molar-refractivity contribution is 6.36. The molecule has 0 saturated heterocycles. The Morgan fingerprint density at radius 3 is 1.89 bits per heavy atom. The van der Waals surface area contributed by atoms with Crippen LogP contribution in [0.2, 0.25) is 0 Å². The minimum absolute atomic E-state index is 0.0264. The summed E-state index contributed by atoms with van der Waals surface area (Å²) in [6.45, 7) is 2.85. The molecule has 0 radical (unpaired) electrons. The van der Waals surface area contributed by atoms with Crippen molar-refractivity contribution in [3.8, 4) is 5.75 Å². The SMILES string of the molecule is CC(=O)OOc1ccc2cccc3c4cccc5ccc(C(C)=O)c(c1c23)c54. The molecule has 0 N–H and O–H groups in total. The van der Waals surface area contributed by atoms with Crippen LogP contribution in [-0.2, 0) is 9.68 Å². The summed E-state index contributed by atoms with van der Waals surface area (Å²) in [6, 6.07) is 19.8. The van der Waals surface area contributed by atoms with Gasteiger partial charge in [0.2, 0.25) is 0 Å². The van der Waals surface area contributed by atoms with Gasteiger partial charge in [-0.25, -0.2) is 4.79 Å². The third-order valence-corrected chi connectivity index (χ3v) is 5.22. The van der Waals surface area contributed by atoms with Crippen LogP contribution in [0.25, 0.3) is 43.1 Å². The first-order chi connectivity index (χ1) is 13.6. The van der Waals surface area contributed by atoms with Gasteiger partial charge in [-0.15, -0.1) is 0 Å². The number of hydrogen-bond acceptors (Lipinski definition) is 4. The van der Waals surface area contributed by atoms with E-state index in [0.29, 0.717) is 11.3 Å². The van der Waals surface area contributed by atoms with Crippen LogP contribution >= 0.6 is 0 Å². The molecule has 0 unspecified atom stereocenters. The van der Waals surface area contributed by atoms with Crippen molar-refractivity contribution in [2.24, 2.45) is 0 Å². The maximum absolute atomic E-state index is 12.5. The maximum atomic E-state index is 12.5. The van der Waals surface area contributed by atoms with Gasteiger partial charge in [0.05, 0.1) is 0 Å². The van der Waals surface area contributed by atoms with Crippen molar-refractivity contribution in [3.05, 3.63) is 66.2 Å². The van der Waals surface area contributed by atoms with E-state index in [0.717, 1.165) is 43.1 Å². The van der Waals surface area contributed by atoms with Gasteiger partial charge in [0.25, 0.3) is 0 Å². The van der Waals surface area contributed by atoms with Crippen LogP contribution in [0.3, 0.4) is 0 Å². The summed E-state index contributed by atoms with van der Waals surface area (Å²) in [5.74, 6) is -0.150. The van der Waals surface area contributed by atoms with Crippen molar-refractivity contribution < 1.29 is 19.4 Å². The zero-order chi connectivity index (χ0) is 19.4. The molecule has 0 atom stereocenters. The summed E-state index contributed by atoms with van der Waals surface area (Å²) in [6.07, 6.45) is 0. The van der Waals surface area contributed by atoms with E-state index in [4.69, 9.17) is 9.78 Å². The van der Waals surface area contributed by atoms with E-state index in [1.807, 2.05) is 42.5 Å². The number of ketones is 1. The van der Waals surface area contributed by atoms with Crippen molar-refractivity contribution in [1.29, 1.82) is 0 Å². The Bertz CT molecular complexity index is 1410. The Morgan fingerprint density at radius 1 is 0.679 bits per heavy atom. The predicted octanol–water partition coefficient (Wildman–Crippen LogP) is 5.80. The molecule has 28 heavy (non-hydrogen) atoms. The van der Waals surface area contributed by atoms with Gasteiger partial charge in [-0.2, -0.15) is 0 Å². The molecule has 0 aliphatic carbocycles. The Morgan fingerprint density at radius 2 is 1.29 bits per heavy atom. The minimum atomic E-state index is -0.540. The Balaban J connectivity index is 2.10. The predicted molar refractivity (Wildman–Crippen MR) is 110 cm³/mol. The van der Waals surface area contributed by atoms with E-state index in [1.54, 1.807) is 13.0 Å². The summed E-state index contributed by atoms with van der Waals surface area (Å²) in [5.41, 5.74) is 0.620. The molecule has 0 aliphatic rings. The molecule has 0 spiro atoms. The van der Waals surface area contributed by atoms with Crippen LogP contribution in [0.4, 0.5) is 0 Å². The number of rotatable bonds is 3. The van der Waals surface area contributed by atoms with Crippen LogP contribution in [0.5, 0.6) is 5.75 Å². The minimum Gasteiger partial charge on any atom is -0.294 e. The molecule has 5 aromatic carbocycles. The van der Waals surface area contributed by atoms with E-state index >= 15 is 0 Å². The van der Waals surface area contributed by atoms with E-state index in [9.17, 15) is 9.59 Å². The summed E-state index contributed by atoms with van der Waals surface area (Å²) in [4.78, 5) is 34.1. The molecule has 0 fully saturated rings. The number of carbonyl (C=O) groups is 2. The average molecular weight is 368 g/mol. The second kappa shape index (κ2) is 5.92. The summed E-state index contributed by atoms with van der Waals surface area (Å²) in [7, 11) is 0. The van der Waals surface area contributed by atoms with Gasteiger partial charge in [0.15, 0.2) is 11.5 Å². The largest absolute Gasteiger partial charge is 0.352 e. The fourth-order valence-electron chi connectivity index (χ4n) is 4.16. The molecule has 4 nitrogen and oxygen atoms in total. The summed E-state index contributed by atoms with van der Waals surface area (Å²) < 4.78 is 0. The van der Waals surface area contributed by atoms with Gasteiger partial charge in [-0.05, 0) is 39.9 Å². The molecule has 0 heterocycles. The van der Waals surface area contributed by atoms with Gasteiger partial charge in [-0.1, -0.05) is 54.6 Å². The first-order valence-electron chi connectivity index (χ1n) is 9.04. The molecule has 0 bridgehead atoms. The second-order valence-corrected chi connectivity index (χ2v) is 6.95. The number of Topliss-reactive ketones (excluding diaryl/α,β-unsaturated/α-hetero) is 1. The first-order valence-corrected chi connectivity index (χ1v) is 9.04. The standard InChI is InChI=1S/C24H16O4/c1-13(25)17-11-9-15-5-3-7-18-19-8-4-6-16-10-12-20(28-27-14(2)26)24(22(16)19)23(17)21(15)18/h3-12H,1-2H3. The molecule has 0 aliphatic heterocycles. The molecule has 5 rings (SSSR count). The molecule has 0 saturated carbocycles. The third-order valence-electron chi connectivity index (χ3n) is 5.22. The van der Waals surface area contributed by atoms with E-state index in [2.05, 4.69) is 12.1 Å². The average Bonchev–Trinajstić information content (AvgIpc) is 2.69. The van der Waals surface area contributed by atoms with Gasteiger partial charge in [-0.3, -0.25) is 14.6 Å². The zero-order valence-corrected chi connectivity index (χ0v) is 15.4. The molecule has 5 aromatic rings. The maximum Gasteiger partial charge on any atom is 0.352 e. The van der Waals surface area contributed by atoms with Crippen LogP contribution in [0.1, 0.15) is 24.2 Å². The normalized spacial score (nSPS) is 11.5. The van der Waals surface area contributed by atoms with E-state index in [-0.39, 0.29) is 5.78 Å². The number of fused-ring (bicyclic) bond motifs is 2. The highest BCUT2D eigenvalue weighted by atomic mass is 17.2. The Labute approximate surface area is 160 Å². The van der Waals surface area contributed by atoms with Crippen molar-refractivity contribution in [3.63, 3.8) is 0 Å². The van der Waals surface area contributed by atoms with Crippen molar-refractivity contribution in [1.82, 2.24) is 0 Å². The van der Waals surface area contributed by atoms with E-state index in [1.165, 1.54) is 6.92 Å². The Hall–Kier alpha value is -3.66. The van der Waals surface area contributed by atoms with Crippen LogP contribution < -0.4 is 4.89 Å². The van der Waals surface area contributed by atoms with E-state index < -0.39 is 5.97 Å². The van der Waals surface area contributed by atoms with Crippen molar-refractivity contribution >= 4 is 54.8 Å². The molecule has 0 aromatic heterocycles.